The van der Waals surface area contributed by atoms with Crippen LogP contribution in [0.3, 0.4) is 0 Å². The predicted octanol–water partition coefficient (Wildman–Crippen LogP) is 5.65. The summed E-state index contributed by atoms with van der Waals surface area (Å²) in [6.45, 7) is 13.1. The highest BCUT2D eigenvalue weighted by Crippen LogP contribution is 2.32. The van der Waals surface area contributed by atoms with Gasteiger partial charge in [0.1, 0.15) is 0 Å². The van der Waals surface area contributed by atoms with Crippen molar-refractivity contribution in [3.63, 3.8) is 0 Å². The smallest absolute Gasteiger partial charge is 0.234 e. The molecule has 22 heavy (non-hydrogen) atoms. The van der Waals surface area contributed by atoms with E-state index in [0.717, 1.165) is 17.9 Å². The maximum absolute atomic E-state index is 12.3. The molecule has 0 aliphatic carbocycles. The van der Waals surface area contributed by atoms with Gasteiger partial charge in [-0.25, -0.2) is 0 Å². The monoisotopic (exact) mass is 321 g/mol. The van der Waals surface area contributed by atoms with Crippen molar-refractivity contribution >= 4 is 23.4 Å². The third-order valence-electron chi connectivity index (χ3n) is 3.71. The van der Waals surface area contributed by atoms with Crippen LogP contribution in [0.2, 0.25) is 0 Å². The summed E-state index contributed by atoms with van der Waals surface area (Å²) in [5.74, 6) is 3.21. The summed E-state index contributed by atoms with van der Waals surface area (Å²) in [5.41, 5.74) is 3.49. The Hall–Kier alpha value is -0.960. The van der Waals surface area contributed by atoms with Gasteiger partial charge in [-0.15, -0.1) is 0 Å². The van der Waals surface area contributed by atoms with Crippen LogP contribution in [0.15, 0.2) is 18.2 Å². The summed E-state index contributed by atoms with van der Waals surface area (Å²) in [4.78, 5) is 12.3. The minimum Gasteiger partial charge on any atom is -0.325 e. The predicted molar refractivity (Wildman–Crippen MR) is 100 cm³/mol. The van der Waals surface area contributed by atoms with Crippen LogP contribution in [-0.4, -0.2) is 17.4 Å². The molecule has 2 nitrogen and oxygen atoms in total. The number of carbonyl (C=O) groups is 1. The van der Waals surface area contributed by atoms with Gasteiger partial charge in [0.2, 0.25) is 5.91 Å². The van der Waals surface area contributed by atoms with E-state index in [9.17, 15) is 4.79 Å². The number of anilines is 1. The number of benzene rings is 1. The zero-order chi connectivity index (χ0) is 16.7. The Morgan fingerprint density at radius 1 is 1.05 bits per heavy atom. The summed E-state index contributed by atoms with van der Waals surface area (Å²) in [6.07, 6.45) is 1.16. The highest BCUT2D eigenvalue weighted by atomic mass is 32.2. The maximum atomic E-state index is 12.3. The molecule has 0 atom stereocenters. The van der Waals surface area contributed by atoms with Crippen LogP contribution >= 0.6 is 11.8 Å². The van der Waals surface area contributed by atoms with Gasteiger partial charge in [0, 0.05) is 5.69 Å². The van der Waals surface area contributed by atoms with Gasteiger partial charge in [0.05, 0.1) is 5.75 Å². The topological polar surface area (TPSA) is 29.1 Å². The molecule has 1 amide bonds. The van der Waals surface area contributed by atoms with Crippen LogP contribution in [0.5, 0.6) is 0 Å². The van der Waals surface area contributed by atoms with Gasteiger partial charge < -0.3 is 5.32 Å². The van der Waals surface area contributed by atoms with E-state index in [1.54, 1.807) is 11.8 Å². The summed E-state index contributed by atoms with van der Waals surface area (Å²) in [7, 11) is 0. The lowest BCUT2D eigenvalue weighted by Gasteiger charge is -2.20. The lowest BCUT2D eigenvalue weighted by atomic mass is 9.92. The van der Waals surface area contributed by atoms with E-state index in [4.69, 9.17) is 0 Å². The Kier molecular flexibility index (Phi) is 8.02. The summed E-state index contributed by atoms with van der Waals surface area (Å²) in [6, 6.07) is 6.34. The van der Waals surface area contributed by atoms with E-state index in [-0.39, 0.29) is 5.91 Å². The second-order valence-electron chi connectivity index (χ2n) is 6.90. The Bertz CT molecular complexity index is 454. The van der Waals surface area contributed by atoms with Crippen LogP contribution in [0.4, 0.5) is 5.69 Å². The summed E-state index contributed by atoms with van der Waals surface area (Å²) in [5, 5.41) is 3.17. The minimum atomic E-state index is 0.115. The van der Waals surface area contributed by atoms with Crippen molar-refractivity contribution < 1.29 is 4.79 Å². The van der Waals surface area contributed by atoms with Crippen LogP contribution < -0.4 is 5.32 Å². The van der Waals surface area contributed by atoms with Crippen LogP contribution in [0.25, 0.3) is 0 Å². The van der Waals surface area contributed by atoms with Gasteiger partial charge >= 0.3 is 0 Å². The Balaban J connectivity index is 2.76. The highest BCUT2D eigenvalue weighted by Gasteiger charge is 2.15. The number of hydrogen-bond acceptors (Lipinski definition) is 2. The number of hydrogen-bond donors (Lipinski definition) is 1. The molecule has 1 N–H and O–H groups in total. The maximum Gasteiger partial charge on any atom is 0.234 e. The Morgan fingerprint density at radius 3 is 2.05 bits per heavy atom. The van der Waals surface area contributed by atoms with Crippen molar-refractivity contribution in [2.24, 2.45) is 5.92 Å². The first-order valence-corrected chi connectivity index (χ1v) is 9.48. The molecule has 0 radical (unpaired) electrons. The number of carbonyl (C=O) groups excluding carboxylic acids is 1. The number of nitrogens with one attached hydrogen (secondary N) is 1. The summed E-state index contributed by atoms with van der Waals surface area (Å²) >= 11 is 1.73. The van der Waals surface area contributed by atoms with Crippen LogP contribution in [0, 0.1) is 5.92 Å². The van der Waals surface area contributed by atoms with Crippen LogP contribution in [0.1, 0.15) is 70.9 Å². The second-order valence-corrected chi connectivity index (χ2v) is 8.01. The fourth-order valence-corrected chi connectivity index (χ4v) is 3.39. The molecule has 0 heterocycles. The molecular formula is C19H31NOS. The summed E-state index contributed by atoms with van der Waals surface area (Å²) < 4.78 is 0. The van der Waals surface area contributed by atoms with Gasteiger partial charge in [-0.05, 0) is 41.1 Å². The number of thioether (sulfide) groups is 1. The van der Waals surface area contributed by atoms with Crippen molar-refractivity contribution in [2.75, 3.05) is 16.8 Å². The third kappa shape index (κ3) is 6.04. The standard InChI is InChI=1S/C19H31NOS/c1-13(2)10-11-22-12-18(21)20-19-16(14(3)4)8-7-9-17(19)15(5)6/h7-9,13-15H,10-12H2,1-6H3,(H,20,21). The molecule has 0 fully saturated rings. The molecular weight excluding hydrogens is 290 g/mol. The molecule has 0 bridgehead atoms. The SMILES string of the molecule is CC(C)CCSCC(=O)Nc1c(C(C)C)cccc1C(C)C. The molecule has 0 spiro atoms. The first kappa shape index (κ1) is 19.1. The quantitative estimate of drug-likeness (QED) is 0.627. The van der Waals surface area contributed by atoms with Gasteiger partial charge in [0.25, 0.3) is 0 Å². The Labute approximate surface area is 140 Å². The van der Waals surface area contributed by atoms with Gasteiger partial charge in [0.15, 0.2) is 0 Å². The van der Waals surface area contributed by atoms with Crippen LogP contribution in [-0.2, 0) is 4.79 Å². The second kappa shape index (κ2) is 9.24. The van der Waals surface area contributed by atoms with Gasteiger partial charge in [-0.3, -0.25) is 4.79 Å². The molecule has 0 aliphatic heterocycles. The number of para-hydroxylation sites is 1. The fraction of sp³-hybridized carbons (Fsp3) is 0.632. The van der Waals surface area contributed by atoms with E-state index in [2.05, 4.69) is 65.1 Å². The molecule has 3 heteroatoms. The molecule has 0 aliphatic rings. The average molecular weight is 322 g/mol. The lowest BCUT2D eigenvalue weighted by molar-refractivity contribution is -0.113. The van der Waals surface area contributed by atoms with E-state index < -0.39 is 0 Å². The average Bonchev–Trinajstić information content (AvgIpc) is 2.43. The van der Waals surface area contributed by atoms with E-state index in [1.165, 1.54) is 11.1 Å². The first-order chi connectivity index (χ1) is 10.3. The largest absolute Gasteiger partial charge is 0.325 e. The molecule has 0 saturated carbocycles. The molecule has 0 saturated heterocycles. The Morgan fingerprint density at radius 2 is 1.59 bits per heavy atom. The highest BCUT2D eigenvalue weighted by molar-refractivity contribution is 7.99. The zero-order valence-corrected chi connectivity index (χ0v) is 15.7. The van der Waals surface area contributed by atoms with Crippen molar-refractivity contribution in [1.82, 2.24) is 0 Å². The first-order valence-electron chi connectivity index (χ1n) is 8.33. The van der Waals surface area contributed by atoms with Crippen molar-refractivity contribution in [1.29, 1.82) is 0 Å². The number of amides is 1. The molecule has 1 aromatic rings. The fourth-order valence-electron chi connectivity index (χ4n) is 2.35. The molecule has 0 aromatic heterocycles. The number of rotatable bonds is 8. The zero-order valence-electron chi connectivity index (χ0n) is 14.9. The van der Waals surface area contributed by atoms with Crippen molar-refractivity contribution in [2.45, 2.75) is 59.8 Å². The normalized spacial score (nSPS) is 11.5. The minimum absolute atomic E-state index is 0.115. The van der Waals surface area contributed by atoms with Gasteiger partial charge in [-0.2, -0.15) is 11.8 Å². The molecule has 0 unspecified atom stereocenters. The lowest BCUT2D eigenvalue weighted by Crippen LogP contribution is -2.18. The third-order valence-corrected chi connectivity index (χ3v) is 4.70. The van der Waals surface area contributed by atoms with Crippen molar-refractivity contribution in [3.8, 4) is 0 Å². The van der Waals surface area contributed by atoms with Crippen molar-refractivity contribution in [3.05, 3.63) is 29.3 Å². The van der Waals surface area contributed by atoms with E-state index in [0.29, 0.717) is 23.5 Å². The van der Waals surface area contributed by atoms with E-state index >= 15 is 0 Å². The van der Waals surface area contributed by atoms with E-state index in [1.807, 2.05) is 0 Å². The molecule has 124 valence electrons. The van der Waals surface area contributed by atoms with Gasteiger partial charge in [-0.1, -0.05) is 59.7 Å². The molecule has 1 aromatic carbocycles. The molecule has 1 rings (SSSR count).